The lowest BCUT2D eigenvalue weighted by Gasteiger charge is -2.13. The summed E-state index contributed by atoms with van der Waals surface area (Å²) < 4.78 is 6.46. The Morgan fingerprint density at radius 3 is 2.69 bits per heavy atom. The number of aromatic amines is 1. The summed E-state index contributed by atoms with van der Waals surface area (Å²) >= 11 is 0. The number of furan rings is 1. The summed E-state index contributed by atoms with van der Waals surface area (Å²) in [6.45, 7) is 2.04. The predicted molar refractivity (Wildman–Crippen MR) is 98.1 cm³/mol. The van der Waals surface area contributed by atoms with Gasteiger partial charge >= 0.3 is 0 Å². The van der Waals surface area contributed by atoms with Crippen LogP contribution in [0.1, 0.15) is 25.5 Å². The molecule has 0 saturated heterocycles. The molecule has 7 nitrogen and oxygen atoms in total. The zero-order valence-corrected chi connectivity index (χ0v) is 14.5. The molecule has 0 radical (unpaired) electrons. The molecule has 2 aromatic heterocycles. The first kappa shape index (κ1) is 17.7. The van der Waals surface area contributed by atoms with E-state index >= 15 is 0 Å². The van der Waals surface area contributed by atoms with E-state index in [1.165, 1.54) is 4.68 Å². The molecule has 2 N–H and O–H groups in total. The van der Waals surface area contributed by atoms with Crippen LogP contribution in [0, 0.1) is 0 Å². The molecule has 3 rings (SSSR count). The van der Waals surface area contributed by atoms with E-state index in [2.05, 4.69) is 10.4 Å². The fraction of sp³-hybridized carbons (Fsp3) is 0.316. The highest BCUT2D eigenvalue weighted by molar-refractivity contribution is 5.80. The van der Waals surface area contributed by atoms with Crippen molar-refractivity contribution in [1.29, 1.82) is 0 Å². The van der Waals surface area contributed by atoms with Crippen LogP contribution in [0.3, 0.4) is 0 Å². The predicted octanol–water partition coefficient (Wildman–Crippen LogP) is 1.81. The Bertz CT molecular complexity index is 1000. The SMILES string of the molecule is C[C@@H](CCc1ccco1)NC(=O)CCn1[nH]c(=O)c2ccccc2c1=O. The molecular weight excluding hydrogens is 334 g/mol. The second kappa shape index (κ2) is 7.86. The maximum atomic E-state index is 12.4. The van der Waals surface area contributed by atoms with Crippen molar-refractivity contribution in [2.24, 2.45) is 0 Å². The fourth-order valence-corrected chi connectivity index (χ4v) is 2.85. The lowest BCUT2D eigenvalue weighted by Crippen LogP contribution is -2.35. The quantitative estimate of drug-likeness (QED) is 0.675. The van der Waals surface area contributed by atoms with Crippen LogP contribution in [0.15, 0.2) is 56.7 Å². The van der Waals surface area contributed by atoms with Crippen molar-refractivity contribution in [3.63, 3.8) is 0 Å². The smallest absolute Gasteiger partial charge is 0.273 e. The van der Waals surface area contributed by atoms with E-state index in [-0.39, 0.29) is 36.0 Å². The highest BCUT2D eigenvalue weighted by Crippen LogP contribution is 2.06. The molecule has 0 saturated carbocycles. The molecule has 1 aromatic carbocycles. The van der Waals surface area contributed by atoms with Gasteiger partial charge in [0, 0.05) is 18.9 Å². The number of aromatic nitrogens is 2. The first-order valence-electron chi connectivity index (χ1n) is 8.58. The van der Waals surface area contributed by atoms with Crippen LogP contribution in [-0.2, 0) is 17.8 Å². The number of fused-ring (bicyclic) bond motifs is 1. The van der Waals surface area contributed by atoms with Gasteiger partial charge in [-0.05, 0) is 37.6 Å². The molecule has 2 heterocycles. The van der Waals surface area contributed by atoms with E-state index in [4.69, 9.17) is 4.42 Å². The van der Waals surface area contributed by atoms with Gasteiger partial charge in [0.1, 0.15) is 5.76 Å². The summed E-state index contributed by atoms with van der Waals surface area (Å²) in [4.78, 5) is 36.6. The standard InChI is InChI=1S/C19H21N3O4/c1-13(8-9-14-5-4-12-26-14)20-17(23)10-11-22-19(25)16-7-3-2-6-15(16)18(24)21-22/h2-7,12-13H,8-11H2,1H3,(H,20,23)(H,21,24)/t13-/m0/s1. The lowest BCUT2D eigenvalue weighted by atomic mass is 10.1. The number of carbonyl (C=O) groups excluding carboxylic acids is 1. The number of aryl methyl sites for hydroxylation is 2. The summed E-state index contributed by atoms with van der Waals surface area (Å²) in [5, 5.41) is 6.13. The number of nitrogens with zero attached hydrogens (tertiary/aromatic N) is 1. The van der Waals surface area contributed by atoms with Gasteiger partial charge in [0.15, 0.2) is 0 Å². The summed E-state index contributed by atoms with van der Waals surface area (Å²) in [5.74, 6) is 0.712. The van der Waals surface area contributed by atoms with E-state index in [0.717, 1.165) is 18.6 Å². The summed E-state index contributed by atoms with van der Waals surface area (Å²) in [5.41, 5.74) is -0.647. The first-order valence-corrected chi connectivity index (χ1v) is 8.58. The van der Waals surface area contributed by atoms with Crippen molar-refractivity contribution in [2.75, 3.05) is 0 Å². The zero-order valence-electron chi connectivity index (χ0n) is 14.5. The number of rotatable bonds is 7. The Morgan fingerprint density at radius 1 is 1.19 bits per heavy atom. The molecule has 136 valence electrons. The summed E-state index contributed by atoms with van der Waals surface area (Å²) in [6, 6.07) is 10.4. The molecule has 0 aliphatic carbocycles. The van der Waals surface area contributed by atoms with Crippen molar-refractivity contribution < 1.29 is 9.21 Å². The molecule has 0 fully saturated rings. The number of hydrogen-bond acceptors (Lipinski definition) is 4. The van der Waals surface area contributed by atoms with Crippen LogP contribution < -0.4 is 16.4 Å². The third-order valence-electron chi connectivity index (χ3n) is 4.26. The molecule has 7 heteroatoms. The number of nitrogens with one attached hydrogen (secondary N) is 2. The van der Waals surface area contributed by atoms with Crippen LogP contribution in [0.2, 0.25) is 0 Å². The Labute approximate surface area is 149 Å². The Hall–Kier alpha value is -3.09. The van der Waals surface area contributed by atoms with Crippen LogP contribution in [0.5, 0.6) is 0 Å². The van der Waals surface area contributed by atoms with Gasteiger partial charge in [-0.15, -0.1) is 0 Å². The van der Waals surface area contributed by atoms with Crippen molar-refractivity contribution >= 4 is 16.7 Å². The van der Waals surface area contributed by atoms with Crippen LogP contribution in [0.25, 0.3) is 10.8 Å². The monoisotopic (exact) mass is 355 g/mol. The molecule has 0 aliphatic rings. The largest absolute Gasteiger partial charge is 0.469 e. The second-order valence-electron chi connectivity index (χ2n) is 6.28. The number of hydrogen-bond donors (Lipinski definition) is 2. The molecule has 3 aromatic rings. The highest BCUT2D eigenvalue weighted by atomic mass is 16.3. The topological polar surface area (TPSA) is 97.1 Å². The molecular formula is C19H21N3O4. The van der Waals surface area contributed by atoms with Gasteiger partial charge in [-0.1, -0.05) is 12.1 Å². The van der Waals surface area contributed by atoms with Crippen molar-refractivity contribution in [1.82, 2.24) is 15.1 Å². The van der Waals surface area contributed by atoms with E-state index < -0.39 is 0 Å². The van der Waals surface area contributed by atoms with Gasteiger partial charge in [-0.25, -0.2) is 4.68 Å². The number of amides is 1. The number of H-pyrrole nitrogens is 1. The second-order valence-corrected chi connectivity index (χ2v) is 6.28. The van der Waals surface area contributed by atoms with Crippen LogP contribution in [0.4, 0.5) is 0 Å². The van der Waals surface area contributed by atoms with Gasteiger partial charge < -0.3 is 9.73 Å². The molecule has 0 bridgehead atoms. The normalized spacial score (nSPS) is 12.2. The van der Waals surface area contributed by atoms with E-state index in [1.54, 1.807) is 30.5 Å². The van der Waals surface area contributed by atoms with Crippen molar-refractivity contribution in [2.45, 2.75) is 38.8 Å². The van der Waals surface area contributed by atoms with Crippen LogP contribution >= 0.6 is 0 Å². The van der Waals surface area contributed by atoms with Gasteiger partial charge in [-0.3, -0.25) is 19.5 Å². The minimum Gasteiger partial charge on any atom is -0.469 e. The van der Waals surface area contributed by atoms with E-state index in [0.29, 0.717) is 10.8 Å². The number of benzene rings is 1. The Morgan fingerprint density at radius 2 is 1.96 bits per heavy atom. The van der Waals surface area contributed by atoms with Gasteiger partial charge in [-0.2, -0.15) is 0 Å². The minimum atomic E-state index is -0.340. The average molecular weight is 355 g/mol. The molecule has 0 aliphatic heterocycles. The van der Waals surface area contributed by atoms with Gasteiger partial charge in [0.25, 0.3) is 11.1 Å². The van der Waals surface area contributed by atoms with Crippen molar-refractivity contribution in [3.8, 4) is 0 Å². The van der Waals surface area contributed by atoms with Gasteiger partial charge in [0.05, 0.1) is 23.6 Å². The van der Waals surface area contributed by atoms with E-state index in [1.807, 2.05) is 19.1 Å². The highest BCUT2D eigenvalue weighted by Gasteiger charge is 2.11. The Kier molecular flexibility index (Phi) is 5.36. The third-order valence-corrected chi connectivity index (χ3v) is 4.26. The molecule has 0 spiro atoms. The maximum Gasteiger partial charge on any atom is 0.273 e. The number of carbonyl (C=O) groups is 1. The molecule has 1 atom stereocenters. The maximum absolute atomic E-state index is 12.4. The fourth-order valence-electron chi connectivity index (χ4n) is 2.85. The van der Waals surface area contributed by atoms with Crippen LogP contribution in [-0.4, -0.2) is 21.7 Å². The summed E-state index contributed by atoms with van der Waals surface area (Å²) in [6.07, 6.45) is 3.23. The van der Waals surface area contributed by atoms with Crippen molar-refractivity contribution in [3.05, 3.63) is 69.1 Å². The molecule has 26 heavy (non-hydrogen) atoms. The Balaban J connectivity index is 1.57. The molecule has 0 unspecified atom stereocenters. The first-order chi connectivity index (χ1) is 12.5. The summed E-state index contributed by atoms with van der Waals surface area (Å²) in [7, 11) is 0. The van der Waals surface area contributed by atoms with Gasteiger partial charge in [0.2, 0.25) is 5.91 Å². The zero-order chi connectivity index (χ0) is 18.5. The van der Waals surface area contributed by atoms with E-state index in [9.17, 15) is 14.4 Å². The molecule has 1 amide bonds. The average Bonchev–Trinajstić information content (AvgIpc) is 3.15. The third kappa shape index (κ3) is 4.11. The lowest BCUT2D eigenvalue weighted by molar-refractivity contribution is -0.122. The minimum absolute atomic E-state index is 0.0139.